The van der Waals surface area contributed by atoms with Crippen molar-refractivity contribution in [1.29, 1.82) is 0 Å². The van der Waals surface area contributed by atoms with E-state index < -0.39 is 0 Å². The number of aliphatic imine (C=N–C) groups is 1. The second-order valence-electron chi connectivity index (χ2n) is 8.24. The Hall–Kier alpha value is -2.44. The smallest absolute Gasteiger partial charge is 0.191 e. The number of halogens is 1. The van der Waals surface area contributed by atoms with Gasteiger partial charge in [0.2, 0.25) is 0 Å². The van der Waals surface area contributed by atoms with E-state index in [1.165, 1.54) is 11.1 Å². The summed E-state index contributed by atoms with van der Waals surface area (Å²) < 4.78 is 19.6. The number of nitrogens with zero attached hydrogens (tertiary/aromatic N) is 2. The van der Waals surface area contributed by atoms with Gasteiger partial charge < -0.3 is 15.4 Å². The van der Waals surface area contributed by atoms with Crippen LogP contribution in [0.4, 0.5) is 4.39 Å². The van der Waals surface area contributed by atoms with E-state index >= 15 is 0 Å². The summed E-state index contributed by atoms with van der Waals surface area (Å²) in [5, 5.41) is 6.76. The molecule has 2 aliphatic rings. The molecule has 2 aromatic carbocycles. The molecular weight excluding hydrogens is 379 g/mol. The summed E-state index contributed by atoms with van der Waals surface area (Å²) in [7, 11) is 1.77. The van der Waals surface area contributed by atoms with Gasteiger partial charge in [0.15, 0.2) is 5.96 Å². The molecule has 0 amide bonds. The maximum absolute atomic E-state index is 14.2. The molecule has 2 fully saturated rings. The number of rotatable bonds is 7. The van der Waals surface area contributed by atoms with E-state index in [-0.39, 0.29) is 11.2 Å². The van der Waals surface area contributed by atoms with Crippen LogP contribution in [0.25, 0.3) is 0 Å². The molecule has 0 atom stereocenters. The number of benzene rings is 2. The van der Waals surface area contributed by atoms with Crippen LogP contribution in [0.15, 0.2) is 53.5 Å². The van der Waals surface area contributed by atoms with Gasteiger partial charge in [-0.1, -0.05) is 42.5 Å². The molecule has 4 rings (SSSR count). The monoisotopic (exact) mass is 410 g/mol. The maximum Gasteiger partial charge on any atom is 0.191 e. The molecule has 6 heteroatoms. The van der Waals surface area contributed by atoms with Gasteiger partial charge in [-0.15, -0.1) is 0 Å². The van der Waals surface area contributed by atoms with Gasteiger partial charge in [0.05, 0.1) is 13.2 Å². The molecule has 2 N–H and O–H groups in total. The Morgan fingerprint density at radius 3 is 2.40 bits per heavy atom. The normalized spacial score (nSPS) is 18.8. The van der Waals surface area contributed by atoms with Crippen molar-refractivity contribution in [2.45, 2.75) is 31.3 Å². The van der Waals surface area contributed by atoms with Gasteiger partial charge in [-0.3, -0.25) is 9.89 Å². The number of morpholine rings is 1. The minimum absolute atomic E-state index is 0.107. The molecule has 160 valence electrons. The fraction of sp³-hybridized carbons (Fsp3) is 0.458. The summed E-state index contributed by atoms with van der Waals surface area (Å²) in [6.07, 6.45) is 2.01. The van der Waals surface area contributed by atoms with E-state index in [1.807, 2.05) is 12.1 Å². The van der Waals surface area contributed by atoms with Gasteiger partial charge in [-0.05, 0) is 35.6 Å². The Balaban J connectivity index is 1.26. The summed E-state index contributed by atoms with van der Waals surface area (Å²) in [5.41, 5.74) is 3.23. The van der Waals surface area contributed by atoms with Crippen molar-refractivity contribution < 1.29 is 9.13 Å². The number of hydrogen-bond donors (Lipinski definition) is 2. The summed E-state index contributed by atoms with van der Waals surface area (Å²) in [6.45, 7) is 6.01. The van der Waals surface area contributed by atoms with Crippen molar-refractivity contribution in [3.05, 3.63) is 71.0 Å². The van der Waals surface area contributed by atoms with Crippen molar-refractivity contribution in [2.24, 2.45) is 4.99 Å². The number of nitrogens with one attached hydrogen (secondary N) is 2. The first-order valence-corrected chi connectivity index (χ1v) is 10.8. The van der Waals surface area contributed by atoms with Crippen LogP contribution in [0.5, 0.6) is 0 Å². The first kappa shape index (κ1) is 20.8. The zero-order chi connectivity index (χ0) is 20.8. The molecule has 0 aromatic heterocycles. The SMILES string of the molecule is CN=C(NCc1ccc(CN2CCOCC2)cc1)NCC1(c2ccccc2F)CC1. The average Bonchev–Trinajstić information content (AvgIpc) is 3.57. The topological polar surface area (TPSA) is 48.9 Å². The lowest BCUT2D eigenvalue weighted by Gasteiger charge is -2.26. The van der Waals surface area contributed by atoms with E-state index in [9.17, 15) is 4.39 Å². The fourth-order valence-electron chi connectivity index (χ4n) is 4.02. The molecule has 1 aliphatic carbocycles. The second-order valence-corrected chi connectivity index (χ2v) is 8.24. The van der Waals surface area contributed by atoms with E-state index in [4.69, 9.17) is 4.74 Å². The Morgan fingerprint density at radius 2 is 1.73 bits per heavy atom. The molecule has 0 bridgehead atoms. The number of ether oxygens (including phenoxy) is 1. The lowest BCUT2D eigenvalue weighted by Crippen LogP contribution is -2.41. The zero-order valence-corrected chi connectivity index (χ0v) is 17.7. The molecule has 30 heavy (non-hydrogen) atoms. The van der Waals surface area contributed by atoms with E-state index in [0.717, 1.165) is 57.2 Å². The van der Waals surface area contributed by atoms with Crippen molar-refractivity contribution in [1.82, 2.24) is 15.5 Å². The lowest BCUT2D eigenvalue weighted by atomic mass is 9.95. The van der Waals surface area contributed by atoms with E-state index in [2.05, 4.69) is 44.8 Å². The van der Waals surface area contributed by atoms with Gasteiger partial charge in [0.25, 0.3) is 0 Å². The molecule has 1 saturated heterocycles. The minimum atomic E-state index is -0.114. The van der Waals surface area contributed by atoms with Gasteiger partial charge in [-0.25, -0.2) is 4.39 Å². The summed E-state index contributed by atoms with van der Waals surface area (Å²) in [6, 6.07) is 15.8. The number of guanidine groups is 1. The Bertz CT molecular complexity index is 858. The summed E-state index contributed by atoms with van der Waals surface area (Å²) in [5.74, 6) is 0.631. The summed E-state index contributed by atoms with van der Waals surface area (Å²) >= 11 is 0. The third kappa shape index (κ3) is 5.18. The van der Waals surface area contributed by atoms with Crippen LogP contribution in [-0.4, -0.2) is 50.8 Å². The first-order chi connectivity index (χ1) is 14.7. The first-order valence-electron chi connectivity index (χ1n) is 10.8. The number of hydrogen-bond acceptors (Lipinski definition) is 3. The second kappa shape index (κ2) is 9.58. The summed E-state index contributed by atoms with van der Waals surface area (Å²) in [4.78, 5) is 6.75. The van der Waals surface area contributed by atoms with Crippen LogP contribution in [0.1, 0.15) is 29.5 Å². The highest BCUT2D eigenvalue weighted by atomic mass is 19.1. The molecule has 0 radical (unpaired) electrons. The predicted octanol–water partition coefficient (Wildman–Crippen LogP) is 3.05. The molecule has 0 unspecified atom stereocenters. The van der Waals surface area contributed by atoms with Crippen molar-refractivity contribution >= 4 is 5.96 Å². The zero-order valence-electron chi connectivity index (χ0n) is 17.7. The van der Waals surface area contributed by atoms with Gasteiger partial charge in [0, 0.05) is 45.2 Å². The third-order valence-corrected chi connectivity index (χ3v) is 6.11. The molecule has 1 aliphatic heterocycles. The quantitative estimate of drug-likeness (QED) is 0.544. The highest BCUT2D eigenvalue weighted by Gasteiger charge is 2.45. The highest BCUT2D eigenvalue weighted by Crippen LogP contribution is 2.48. The van der Waals surface area contributed by atoms with Crippen molar-refractivity contribution in [3.8, 4) is 0 Å². The van der Waals surface area contributed by atoms with Crippen LogP contribution in [0, 0.1) is 5.82 Å². The van der Waals surface area contributed by atoms with Crippen LogP contribution in [0.3, 0.4) is 0 Å². The van der Waals surface area contributed by atoms with Crippen LogP contribution >= 0.6 is 0 Å². The van der Waals surface area contributed by atoms with Crippen LogP contribution in [-0.2, 0) is 23.2 Å². The maximum atomic E-state index is 14.2. The Morgan fingerprint density at radius 1 is 1.03 bits per heavy atom. The van der Waals surface area contributed by atoms with Gasteiger partial charge >= 0.3 is 0 Å². The predicted molar refractivity (Wildman–Crippen MR) is 118 cm³/mol. The Labute approximate surface area is 178 Å². The van der Waals surface area contributed by atoms with E-state index in [1.54, 1.807) is 19.2 Å². The van der Waals surface area contributed by atoms with Crippen molar-refractivity contribution in [2.75, 3.05) is 39.9 Å². The fourth-order valence-corrected chi connectivity index (χ4v) is 4.02. The molecule has 0 spiro atoms. The van der Waals surface area contributed by atoms with Crippen molar-refractivity contribution in [3.63, 3.8) is 0 Å². The molecule has 2 aromatic rings. The molecular formula is C24H31FN4O. The largest absolute Gasteiger partial charge is 0.379 e. The van der Waals surface area contributed by atoms with Crippen LogP contribution < -0.4 is 10.6 Å². The Kier molecular flexibility index (Phi) is 6.65. The minimum Gasteiger partial charge on any atom is -0.379 e. The van der Waals surface area contributed by atoms with Gasteiger partial charge in [-0.2, -0.15) is 0 Å². The standard InChI is InChI=1S/C24H31FN4O/c1-26-23(28-18-24(10-11-24)21-4-2-3-5-22(21)25)27-16-19-6-8-20(9-7-19)17-29-12-14-30-15-13-29/h2-9H,10-18H2,1H3,(H2,26,27,28). The average molecular weight is 411 g/mol. The van der Waals surface area contributed by atoms with Crippen LogP contribution in [0.2, 0.25) is 0 Å². The lowest BCUT2D eigenvalue weighted by molar-refractivity contribution is 0.0342. The molecule has 1 saturated carbocycles. The van der Waals surface area contributed by atoms with E-state index in [0.29, 0.717) is 13.1 Å². The molecule has 5 nitrogen and oxygen atoms in total. The highest BCUT2D eigenvalue weighted by molar-refractivity contribution is 5.79. The van der Waals surface area contributed by atoms with Gasteiger partial charge in [0.1, 0.15) is 5.82 Å². The third-order valence-electron chi connectivity index (χ3n) is 6.11. The molecule has 1 heterocycles.